The maximum absolute atomic E-state index is 13.1. The first-order valence-electron chi connectivity index (χ1n) is 41.4. The quantitative estimate of drug-likeness (QED) is 0.0222. The fraction of sp³-hybridized carbons (Fsp3) is 0.950. The summed E-state index contributed by atoms with van der Waals surface area (Å²) in [5.74, 6) is 0.250. The number of rotatable bonds is 78. The molecule has 99 heavy (non-hydrogen) atoms. The topological polar surface area (TPSA) is 237 Å². The molecule has 0 heterocycles. The number of aliphatic hydroxyl groups is 1. The summed E-state index contributed by atoms with van der Waals surface area (Å²) >= 11 is 0. The highest BCUT2D eigenvalue weighted by atomic mass is 31.2. The van der Waals surface area contributed by atoms with E-state index in [2.05, 4.69) is 48.5 Å². The van der Waals surface area contributed by atoms with E-state index in [1.165, 1.54) is 225 Å². The maximum atomic E-state index is 13.1. The van der Waals surface area contributed by atoms with Crippen LogP contribution in [0.4, 0.5) is 0 Å². The van der Waals surface area contributed by atoms with Crippen molar-refractivity contribution >= 4 is 39.5 Å². The van der Waals surface area contributed by atoms with Crippen LogP contribution in [0.25, 0.3) is 0 Å². The Morgan fingerprint density at radius 1 is 0.293 bits per heavy atom. The van der Waals surface area contributed by atoms with Gasteiger partial charge in [-0.25, -0.2) is 9.13 Å². The normalized spacial score (nSPS) is 14.3. The summed E-state index contributed by atoms with van der Waals surface area (Å²) in [4.78, 5) is 72.9. The molecule has 0 aliphatic rings. The number of phosphoric acid groups is 2. The van der Waals surface area contributed by atoms with Crippen LogP contribution in [0.3, 0.4) is 0 Å². The van der Waals surface area contributed by atoms with E-state index in [4.69, 9.17) is 37.0 Å². The number of unbranched alkanes of at least 4 members (excludes halogenated alkanes) is 45. The second kappa shape index (κ2) is 70.4. The summed E-state index contributed by atoms with van der Waals surface area (Å²) in [6, 6.07) is 0. The van der Waals surface area contributed by atoms with E-state index in [9.17, 15) is 43.2 Å². The molecule has 3 unspecified atom stereocenters. The molecule has 0 aromatic heterocycles. The monoisotopic (exact) mass is 1450 g/mol. The van der Waals surface area contributed by atoms with Gasteiger partial charge >= 0.3 is 39.5 Å². The van der Waals surface area contributed by atoms with Gasteiger partial charge in [-0.05, 0) is 43.4 Å². The Morgan fingerprint density at radius 2 is 0.515 bits per heavy atom. The molecule has 0 aromatic carbocycles. The minimum atomic E-state index is -4.96. The first-order valence-corrected chi connectivity index (χ1v) is 44.4. The van der Waals surface area contributed by atoms with Gasteiger partial charge in [-0.15, -0.1) is 0 Å². The number of phosphoric ester groups is 2. The average Bonchev–Trinajstić information content (AvgIpc) is 1.02. The van der Waals surface area contributed by atoms with Gasteiger partial charge in [-0.3, -0.25) is 37.3 Å². The molecule has 0 spiro atoms. The molecule has 0 saturated carbocycles. The molecule has 3 N–H and O–H groups in total. The maximum Gasteiger partial charge on any atom is 0.472 e. The van der Waals surface area contributed by atoms with Crippen molar-refractivity contribution in [3.05, 3.63) is 0 Å². The lowest BCUT2D eigenvalue weighted by Gasteiger charge is -2.21. The third kappa shape index (κ3) is 72.8. The van der Waals surface area contributed by atoms with Crippen molar-refractivity contribution in [3.63, 3.8) is 0 Å². The van der Waals surface area contributed by atoms with E-state index in [0.717, 1.165) is 102 Å². The van der Waals surface area contributed by atoms with Crippen LogP contribution in [0.5, 0.6) is 0 Å². The second-order valence-electron chi connectivity index (χ2n) is 30.0. The molecular weight excluding hydrogens is 1290 g/mol. The van der Waals surface area contributed by atoms with Crippen molar-refractivity contribution in [2.45, 2.75) is 433 Å². The first kappa shape index (κ1) is 97.1. The fourth-order valence-electron chi connectivity index (χ4n) is 12.3. The Balaban J connectivity index is 5.19. The van der Waals surface area contributed by atoms with Gasteiger partial charge < -0.3 is 33.8 Å². The third-order valence-electron chi connectivity index (χ3n) is 19.0. The summed E-state index contributed by atoms with van der Waals surface area (Å²) < 4.78 is 68.6. The van der Waals surface area contributed by atoms with Gasteiger partial charge in [0.15, 0.2) is 12.2 Å². The predicted molar refractivity (Wildman–Crippen MR) is 405 cm³/mol. The van der Waals surface area contributed by atoms with Crippen molar-refractivity contribution in [1.29, 1.82) is 0 Å². The minimum absolute atomic E-state index is 0.104. The van der Waals surface area contributed by atoms with Gasteiger partial charge in [0.05, 0.1) is 26.4 Å². The molecule has 0 amide bonds. The number of aliphatic hydroxyl groups excluding tert-OH is 1. The van der Waals surface area contributed by atoms with Gasteiger partial charge in [0.25, 0.3) is 0 Å². The average molecular weight is 1450 g/mol. The molecule has 6 atom stereocenters. The van der Waals surface area contributed by atoms with Gasteiger partial charge in [-0.1, -0.05) is 363 Å². The summed E-state index contributed by atoms with van der Waals surface area (Å²) in [5.41, 5.74) is 0. The Bertz CT molecular complexity index is 1920. The first-order chi connectivity index (χ1) is 47.8. The van der Waals surface area contributed by atoms with Crippen LogP contribution in [-0.2, 0) is 65.4 Å². The van der Waals surface area contributed by atoms with Crippen LogP contribution in [0, 0.1) is 17.8 Å². The summed E-state index contributed by atoms with van der Waals surface area (Å²) in [7, 11) is -9.91. The van der Waals surface area contributed by atoms with Crippen LogP contribution in [0.1, 0.15) is 414 Å². The number of carbonyl (C=O) groups excluding carboxylic acids is 4. The minimum Gasteiger partial charge on any atom is -0.462 e. The van der Waals surface area contributed by atoms with Crippen LogP contribution >= 0.6 is 15.6 Å². The summed E-state index contributed by atoms with van der Waals surface area (Å²) in [6.07, 6.45) is 58.4. The van der Waals surface area contributed by atoms with E-state index >= 15 is 0 Å². The van der Waals surface area contributed by atoms with Crippen molar-refractivity contribution in [3.8, 4) is 0 Å². The largest absolute Gasteiger partial charge is 0.472 e. The van der Waals surface area contributed by atoms with Gasteiger partial charge in [0.2, 0.25) is 0 Å². The highest BCUT2D eigenvalue weighted by Crippen LogP contribution is 2.45. The van der Waals surface area contributed by atoms with Crippen LogP contribution < -0.4 is 0 Å². The van der Waals surface area contributed by atoms with Gasteiger partial charge in [0, 0.05) is 25.7 Å². The summed E-state index contributed by atoms with van der Waals surface area (Å²) in [6.45, 7) is 11.9. The highest BCUT2D eigenvalue weighted by Gasteiger charge is 2.30. The van der Waals surface area contributed by atoms with Gasteiger partial charge in [0.1, 0.15) is 19.3 Å². The lowest BCUT2D eigenvalue weighted by Crippen LogP contribution is -2.30. The number of hydrogen-bond donors (Lipinski definition) is 3. The Kier molecular flexibility index (Phi) is 69.0. The van der Waals surface area contributed by atoms with E-state index in [-0.39, 0.29) is 25.7 Å². The summed E-state index contributed by atoms with van der Waals surface area (Å²) in [5, 5.41) is 10.6. The molecular formula is C80H156O17P2. The number of ether oxygens (including phenoxy) is 4. The van der Waals surface area contributed by atoms with Crippen molar-refractivity contribution in [2.24, 2.45) is 17.8 Å². The predicted octanol–water partition coefficient (Wildman–Crippen LogP) is 23.7. The third-order valence-corrected chi connectivity index (χ3v) is 20.9. The molecule has 0 aromatic rings. The molecule has 588 valence electrons. The van der Waals surface area contributed by atoms with Crippen molar-refractivity contribution in [1.82, 2.24) is 0 Å². The molecule has 0 fully saturated rings. The molecule has 0 aliphatic heterocycles. The molecule has 0 bridgehead atoms. The fourth-order valence-corrected chi connectivity index (χ4v) is 13.9. The zero-order valence-electron chi connectivity index (χ0n) is 65.0. The molecule has 0 rings (SSSR count). The van der Waals surface area contributed by atoms with E-state index < -0.39 is 97.5 Å². The Morgan fingerprint density at radius 3 is 0.768 bits per heavy atom. The molecule has 17 nitrogen and oxygen atoms in total. The van der Waals surface area contributed by atoms with Crippen molar-refractivity contribution < 1.29 is 80.2 Å². The van der Waals surface area contributed by atoms with Crippen LogP contribution in [0.15, 0.2) is 0 Å². The lowest BCUT2D eigenvalue weighted by molar-refractivity contribution is -0.161. The second-order valence-corrected chi connectivity index (χ2v) is 32.9. The van der Waals surface area contributed by atoms with E-state index in [1.54, 1.807) is 0 Å². The Labute approximate surface area is 607 Å². The number of esters is 4. The highest BCUT2D eigenvalue weighted by molar-refractivity contribution is 7.47. The zero-order chi connectivity index (χ0) is 73.0. The van der Waals surface area contributed by atoms with Gasteiger partial charge in [-0.2, -0.15) is 0 Å². The Hall–Kier alpha value is -1.94. The van der Waals surface area contributed by atoms with Crippen molar-refractivity contribution in [2.75, 3.05) is 39.6 Å². The molecule has 0 radical (unpaired) electrons. The zero-order valence-corrected chi connectivity index (χ0v) is 66.8. The molecule has 0 aliphatic carbocycles. The smallest absolute Gasteiger partial charge is 0.462 e. The molecule has 0 saturated heterocycles. The van der Waals surface area contributed by atoms with E-state index in [1.807, 2.05) is 0 Å². The number of hydrogen-bond acceptors (Lipinski definition) is 15. The standard InChI is InChI=1S/C80H156O17P2/c1-8-10-11-12-13-14-33-40-47-54-61-77(82)90-68-76(97-80(85)64-57-50-43-36-38-45-52-59-72(5)6)70-95-99(88,89)93-66-74(81)65-92-98(86,87)94-69-75(67-91-78(83)62-55-48-41-34-29-25-22-21-23-27-31-37-44-51-58-71(3)4)96-79(84)63-56-49-42-35-30-26-20-18-16-15-17-19-24-28-32-39-46-53-60-73(7)9-2/h71-76,81H,8-70H2,1-7H3,(H,86,87)(H,88,89)/t73?,74-,75-,76-/m1/s1. The SMILES string of the molecule is CCCCCCCCCCCCC(=O)OC[C@H](COP(=O)(O)OC[C@H](O)COP(=O)(O)OC[C@@H](COC(=O)CCCCCCCCCCCCCCCCC(C)C)OC(=O)CCCCCCCCCCCCCCCCCCCCC(C)CC)OC(=O)CCCCCCCCCC(C)C. The number of carbonyl (C=O) groups is 4. The van der Waals surface area contributed by atoms with Crippen LogP contribution in [-0.4, -0.2) is 96.7 Å². The van der Waals surface area contributed by atoms with Crippen LogP contribution in [0.2, 0.25) is 0 Å². The van der Waals surface area contributed by atoms with E-state index in [0.29, 0.717) is 31.6 Å². The lowest BCUT2D eigenvalue weighted by atomic mass is 9.99. The molecule has 19 heteroatoms.